The van der Waals surface area contributed by atoms with Gasteiger partial charge in [-0.15, -0.1) is 10.2 Å². The molecule has 3 aromatic heterocycles. The Morgan fingerprint density at radius 2 is 1.86 bits per heavy atom. The highest BCUT2D eigenvalue weighted by atomic mass is 19.1. The van der Waals surface area contributed by atoms with Crippen molar-refractivity contribution in [2.24, 2.45) is 11.8 Å². The van der Waals surface area contributed by atoms with Crippen LogP contribution in [-0.4, -0.2) is 24.4 Å². The molecule has 5 rings (SSSR count). The van der Waals surface area contributed by atoms with Crippen molar-refractivity contribution in [2.75, 3.05) is 0 Å². The van der Waals surface area contributed by atoms with Crippen LogP contribution in [-0.2, 0) is 0 Å². The SMILES string of the molecule is C[C@H]1[C@H](n2ccc3c(nnc4c(-c5ccc(F)cc5)cnn43)c2=O)CCC[C@@H]1C. The molecule has 3 atom stereocenters. The van der Waals surface area contributed by atoms with Crippen LogP contribution in [0.4, 0.5) is 4.39 Å². The number of hydrogen-bond acceptors (Lipinski definition) is 4. The number of halogens is 1. The van der Waals surface area contributed by atoms with Gasteiger partial charge in [0.2, 0.25) is 0 Å². The van der Waals surface area contributed by atoms with E-state index in [9.17, 15) is 9.18 Å². The Balaban J connectivity index is 1.65. The lowest BCUT2D eigenvalue weighted by Gasteiger charge is -2.35. The first-order chi connectivity index (χ1) is 14.0. The van der Waals surface area contributed by atoms with Gasteiger partial charge in [0.15, 0.2) is 11.2 Å². The predicted octanol–water partition coefficient (Wildman–Crippen LogP) is 4.24. The fraction of sp³-hybridized carbons (Fsp3) is 0.364. The van der Waals surface area contributed by atoms with Gasteiger partial charge >= 0.3 is 0 Å². The number of pyridine rings is 1. The zero-order valence-corrected chi connectivity index (χ0v) is 16.4. The normalized spacial score (nSPS) is 22.4. The van der Waals surface area contributed by atoms with Crippen LogP contribution in [0, 0.1) is 17.7 Å². The molecular weight excluding hydrogens is 369 g/mol. The molecule has 1 saturated carbocycles. The molecule has 0 aliphatic heterocycles. The van der Waals surface area contributed by atoms with Crippen LogP contribution >= 0.6 is 0 Å². The summed E-state index contributed by atoms with van der Waals surface area (Å²) in [6, 6.07) is 8.24. The fourth-order valence-electron chi connectivity index (χ4n) is 4.55. The third-order valence-corrected chi connectivity index (χ3v) is 6.47. The molecule has 6 nitrogen and oxygen atoms in total. The maximum Gasteiger partial charge on any atom is 0.280 e. The lowest BCUT2D eigenvalue weighted by atomic mass is 9.78. The van der Waals surface area contributed by atoms with Gasteiger partial charge in [-0.3, -0.25) is 4.79 Å². The topological polar surface area (TPSA) is 65.1 Å². The molecule has 148 valence electrons. The summed E-state index contributed by atoms with van der Waals surface area (Å²) in [5, 5.41) is 13.0. The standard InChI is InChI=1S/C22H22FN5O/c1-13-4-3-5-18(14(13)2)27-11-10-19-20(22(27)29)25-26-21-17(12-24-28(19)21)15-6-8-16(23)9-7-15/h6-14,18H,3-5H2,1-2H3/t13-,14+,18+/m0/s1. The molecule has 0 N–H and O–H groups in total. The molecule has 0 amide bonds. The maximum absolute atomic E-state index is 13.3. The molecule has 1 aliphatic rings. The number of hydrogen-bond donors (Lipinski definition) is 0. The minimum Gasteiger partial charge on any atom is -0.310 e. The van der Waals surface area contributed by atoms with Crippen molar-refractivity contribution in [3.8, 4) is 11.1 Å². The Hall–Kier alpha value is -3.09. The van der Waals surface area contributed by atoms with Gasteiger partial charge < -0.3 is 4.57 Å². The van der Waals surface area contributed by atoms with Gasteiger partial charge in [-0.1, -0.05) is 38.8 Å². The third-order valence-electron chi connectivity index (χ3n) is 6.47. The molecule has 0 spiro atoms. The number of benzene rings is 1. The average Bonchev–Trinajstić information content (AvgIpc) is 3.16. The first-order valence-corrected chi connectivity index (χ1v) is 10.1. The van der Waals surface area contributed by atoms with Crippen LogP contribution in [0.2, 0.25) is 0 Å². The van der Waals surface area contributed by atoms with Gasteiger partial charge in [-0.05, 0) is 42.0 Å². The first kappa shape index (κ1) is 18.0. The second-order valence-electron chi connectivity index (χ2n) is 8.10. The Morgan fingerprint density at radius 1 is 1.07 bits per heavy atom. The monoisotopic (exact) mass is 391 g/mol. The van der Waals surface area contributed by atoms with Crippen molar-refractivity contribution in [3.05, 3.63) is 58.9 Å². The number of fused-ring (bicyclic) bond motifs is 3. The lowest BCUT2D eigenvalue weighted by Crippen LogP contribution is -2.34. The van der Waals surface area contributed by atoms with Crippen LogP contribution < -0.4 is 5.56 Å². The van der Waals surface area contributed by atoms with Crippen LogP contribution in [0.3, 0.4) is 0 Å². The zero-order chi connectivity index (χ0) is 20.1. The minimum atomic E-state index is -0.298. The van der Waals surface area contributed by atoms with Crippen LogP contribution in [0.25, 0.3) is 27.8 Å². The summed E-state index contributed by atoms with van der Waals surface area (Å²) in [6.07, 6.45) is 6.88. The quantitative estimate of drug-likeness (QED) is 0.513. The van der Waals surface area contributed by atoms with E-state index in [0.29, 0.717) is 28.5 Å². The smallest absolute Gasteiger partial charge is 0.280 e. The lowest BCUT2D eigenvalue weighted by molar-refractivity contribution is 0.183. The van der Waals surface area contributed by atoms with Gasteiger partial charge in [0.25, 0.3) is 5.56 Å². The van der Waals surface area contributed by atoms with Gasteiger partial charge in [0.1, 0.15) is 11.3 Å². The Bertz CT molecular complexity index is 1260. The van der Waals surface area contributed by atoms with E-state index in [4.69, 9.17) is 0 Å². The second-order valence-corrected chi connectivity index (χ2v) is 8.10. The van der Waals surface area contributed by atoms with E-state index in [-0.39, 0.29) is 17.4 Å². The number of rotatable bonds is 2. The molecule has 3 heterocycles. The first-order valence-electron chi connectivity index (χ1n) is 10.1. The van der Waals surface area contributed by atoms with Crippen molar-refractivity contribution in [2.45, 2.75) is 39.2 Å². The summed E-state index contributed by atoms with van der Waals surface area (Å²) in [6.45, 7) is 4.48. The fourth-order valence-corrected chi connectivity index (χ4v) is 4.55. The molecule has 7 heteroatoms. The summed E-state index contributed by atoms with van der Waals surface area (Å²) < 4.78 is 16.7. The van der Waals surface area contributed by atoms with E-state index in [2.05, 4.69) is 29.1 Å². The highest BCUT2D eigenvalue weighted by Crippen LogP contribution is 2.37. The molecule has 0 saturated heterocycles. The Morgan fingerprint density at radius 3 is 2.66 bits per heavy atom. The second kappa shape index (κ2) is 6.76. The van der Waals surface area contributed by atoms with Crippen molar-refractivity contribution in [1.82, 2.24) is 24.4 Å². The summed E-state index contributed by atoms with van der Waals surface area (Å²) in [7, 11) is 0. The molecule has 1 aliphatic carbocycles. The molecular formula is C22H22FN5O. The predicted molar refractivity (Wildman–Crippen MR) is 109 cm³/mol. The average molecular weight is 391 g/mol. The van der Waals surface area contributed by atoms with Gasteiger partial charge in [0, 0.05) is 17.8 Å². The van der Waals surface area contributed by atoms with Gasteiger partial charge in [-0.2, -0.15) is 5.10 Å². The van der Waals surface area contributed by atoms with E-state index < -0.39 is 0 Å². The summed E-state index contributed by atoms with van der Waals surface area (Å²) in [5.41, 5.74) is 2.91. The highest BCUT2D eigenvalue weighted by Gasteiger charge is 2.29. The largest absolute Gasteiger partial charge is 0.310 e. The Kier molecular flexibility index (Phi) is 4.19. The van der Waals surface area contributed by atoms with E-state index in [0.717, 1.165) is 24.0 Å². The molecule has 0 unspecified atom stereocenters. The van der Waals surface area contributed by atoms with Gasteiger partial charge in [0.05, 0.1) is 6.20 Å². The van der Waals surface area contributed by atoms with E-state index in [1.807, 2.05) is 16.8 Å². The molecule has 29 heavy (non-hydrogen) atoms. The molecule has 0 bridgehead atoms. The van der Waals surface area contributed by atoms with E-state index >= 15 is 0 Å². The zero-order valence-electron chi connectivity index (χ0n) is 16.4. The van der Waals surface area contributed by atoms with E-state index in [1.54, 1.807) is 22.8 Å². The Labute approximate surface area is 167 Å². The maximum atomic E-state index is 13.3. The number of nitrogens with zero attached hydrogens (tertiary/aromatic N) is 5. The summed E-state index contributed by atoms with van der Waals surface area (Å²) >= 11 is 0. The highest BCUT2D eigenvalue weighted by molar-refractivity contribution is 5.82. The van der Waals surface area contributed by atoms with Crippen LogP contribution in [0.1, 0.15) is 39.2 Å². The van der Waals surface area contributed by atoms with Crippen LogP contribution in [0.5, 0.6) is 0 Å². The minimum absolute atomic E-state index is 0.123. The molecule has 4 aromatic rings. The van der Waals surface area contributed by atoms with Crippen molar-refractivity contribution >= 4 is 16.7 Å². The summed E-state index contributed by atoms with van der Waals surface area (Å²) in [4.78, 5) is 13.2. The van der Waals surface area contributed by atoms with Crippen LogP contribution in [0.15, 0.2) is 47.5 Å². The molecule has 0 radical (unpaired) electrons. The molecule has 1 aromatic carbocycles. The summed E-state index contributed by atoms with van der Waals surface area (Å²) in [5.74, 6) is 0.730. The van der Waals surface area contributed by atoms with Crippen molar-refractivity contribution in [1.29, 1.82) is 0 Å². The molecule has 1 fully saturated rings. The number of aromatic nitrogens is 5. The van der Waals surface area contributed by atoms with Crippen molar-refractivity contribution < 1.29 is 4.39 Å². The third kappa shape index (κ3) is 2.84. The van der Waals surface area contributed by atoms with E-state index in [1.165, 1.54) is 18.6 Å². The van der Waals surface area contributed by atoms with Gasteiger partial charge in [-0.25, -0.2) is 8.91 Å². The van der Waals surface area contributed by atoms with Crippen molar-refractivity contribution in [3.63, 3.8) is 0 Å².